The second-order valence-electron chi connectivity index (χ2n) is 7.16. The second kappa shape index (κ2) is 9.69. The van der Waals surface area contributed by atoms with Crippen LogP contribution in [0.5, 0.6) is 0 Å². The number of carbonyl (C=O) groups excluding carboxylic acids is 3. The fourth-order valence-electron chi connectivity index (χ4n) is 4.29. The van der Waals surface area contributed by atoms with Crippen molar-refractivity contribution >= 4 is 23.4 Å². The Morgan fingerprint density at radius 3 is 2.08 bits per heavy atom. The maximum atomic E-state index is 12.3. The number of Topliss-reactive ketones (excluding diaryl/α,β-unsaturated/α-hetero) is 1. The van der Waals surface area contributed by atoms with E-state index in [4.69, 9.17) is 14.7 Å². The largest absolute Gasteiger partial charge is 0.466 e. The average molecular weight is 367 g/mol. The van der Waals surface area contributed by atoms with Gasteiger partial charge in [0.1, 0.15) is 5.78 Å². The Labute approximate surface area is 154 Å². The van der Waals surface area contributed by atoms with E-state index in [0.717, 1.165) is 0 Å². The summed E-state index contributed by atoms with van der Waals surface area (Å²) < 4.78 is 10.4. The molecule has 0 spiro atoms. The molecule has 0 aromatic heterocycles. The predicted molar refractivity (Wildman–Crippen MR) is 93.8 cm³/mol. The third kappa shape index (κ3) is 5.05. The molecule has 0 radical (unpaired) electrons. The Hall–Kier alpha value is -1.92. The summed E-state index contributed by atoms with van der Waals surface area (Å²) in [4.78, 5) is 36.6. The normalized spacial score (nSPS) is 30.8. The first kappa shape index (κ1) is 20.4. The highest BCUT2D eigenvalue weighted by atomic mass is 16.5. The topological polar surface area (TPSA) is 102 Å². The molecule has 4 unspecified atom stereocenters. The van der Waals surface area contributed by atoms with Gasteiger partial charge in [-0.1, -0.05) is 5.16 Å². The molecule has 0 saturated heterocycles. The smallest absolute Gasteiger partial charge is 0.309 e. The Morgan fingerprint density at radius 1 is 1.00 bits per heavy atom. The predicted octanol–water partition coefficient (Wildman–Crippen LogP) is 2.73. The van der Waals surface area contributed by atoms with Crippen molar-refractivity contribution in [1.29, 1.82) is 0 Å². The van der Waals surface area contributed by atoms with E-state index in [1.54, 1.807) is 13.8 Å². The highest BCUT2D eigenvalue weighted by molar-refractivity contribution is 5.87. The number of ether oxygens (including phenoxy) is 2. The van der Waals surface area contributed by atoms with Crippen molar-refractivity contribution < 1.29 is 29.1 Å². The second-order valence-corrected chi connectivity index (χ2v) is 7.16. The molecule has 0 aliphatic heterocycles. The fraction of sp³-hybridized carbons (Fsp3) is 0.789. The summed E-state index contributed by atoms with van der Waals surface area (Å²) in [6, 6.07) is 0. The van der Waals surface area contributed by atoms with Gasteiger partial charge in [0.15, 0.2) is 0 Å². The van der Waals surface area contributed by atoms with Gasteiger partial charge in [0.05, 0.1) is 30.8 Å². The molecule has 26 heavy (non-hydrogen) atoms. The van der Waals surface area contributed by atoms with E-state index in [9.17, 15) is 14.4 Å². The molecular formula is C19H29NO6. The minimum absolute atomic E-state index is 0.0958. The zero-order valence-corrected chi connectivity index (χ0v) is 15.6. The van der Waals surface area contributed by atoms with Crippen LogP contribution in [0.2, 0.25) is 0 Å². The Bertz CT molecular complexity index is 558. The van der Waals surface area contributed by atoms with Crippen molar-refractivity contribution in [2.75, 3.05) is 13.2 Å². The van der Waals surface area contributed by atoms with E-state index in [1.807, 2.05) is 0 Å². The summed E-state index contributed by atoms with van der Waals surface area (Å²) in [7, 11) is 0. The molecule has 0 heterocycles. The lowest BCUT2D eigenvalue weighted by Gasteiger charge is -2.36. The molecule has 4 atom stereocenters. The number of esters is 2. The first-order valence-corrected chi connectivity index (χ1v) is 9.54. The Balaban J connectivity index is 2.15. The molecule has 0 aromatic carbocycles. The van der Waals surface area contributed by atoms with Crippen molar-refractivity contribution in [1.82, 2.24) is 0 Å². The third-order valence-corrected chi connectivity index (χ3v) is 5.53. The number of carbonyl (C=O) groups is 3. The highest BCUT2D eigenvalue weighted by Gasteiger charge is 2.41. The molecule has 2 aliphatic carbocycles. The summed E-state index contributed by atoms with van der Waals surface area (Å²) in [6.45, 7) is 4.16. The van der Waals surface area contributed by atoms with E-state index < -0.39 is 0 Å². The molecule has 146 valence electrons. The van der Waals surface area contributed by atoms with E-state index in [2.05, 4.69) is 5.16 Å². The average Bonchev–Trinajstić information content (AvgIpc) is 2.62. The van der Waals surface area contributed by atoms with E-state index >= 15 is 0 Å². The number of hydrogen-bond acceptors (Lipinski definition) is 7. The maximum absolute atomic E-state index is 12.3. The quantitative estimate of drug-likeness (QED) is 0.440. The van der Waals surface area contributed by atoms with Crippen LogP contribution in [0.3, 0.4) is 0 Å². The first-order valence-electron chi connectivity index (χ1n) is 9.54. The van der Waals surface area contributed by atoms with Crippen molar-refractivity contribution in [3.8, 4) is 0 Å². The standard InChI is InChI=1S/C19H29NO6/c1-3-25-18(22)16-7-5-14(20-24)10-12(16)9-13-11-15(21)6-8-17(13)19(23)26-4-2/h12-13,16-17,24H,3-11H2,1-2H3/b20-14-. The van der Waals surface area contributed by atoms with Crippen molar-refractivity contribution in [3.05, 3.63) is 0 Å². The number of hydrogen-bond donors (Lipinski definition) is 1. The van der Waals surface area contributed by atoms with Gasteiger partial charge < -0.3 is 14.7 Å². The molecule has 7 nitrogen and oxygen atoms in total. The van der Waals surface area contributed by atoms with Crippen LogP contribution >= 0.6 is 0 Å². The van der Waals surface area contributed by atoms with Crippen LogP contribution in [0.15, 0.2) is 5.16 Å². The maximum Gasteiger partial charge on any atom is 0.309 e. The SMILES string of the molecule is CCOC(=O)C1CCC(=O)CC1CC1C/C(=N\O)CCC1C(=O)OCC. The molecule has 0 bridgehead atoms. The first-order chi connectivity index (χ1) is 12.5. The van der Waals surface area contributed by atoms with Gasteiger partial charge in [-0.05, 0) is 57.8 Å². The minimum atomic E-state index is -0.313. The van der Waals surface area contributed by atoms with Gasteiger partial charge in [-0.3, -0.25) is 14.4 Å². The summed E-state index contributed by atoms with van der Waals surface area (Å²) >= 11 is 0. The van der Waals surface area contributed by atoms with Gasteiger partial charge in [0.2, 0.25) is 0 Å². The van der Waals surface area contributed by atoms with Gasteiger partial charge in [0.25, 0.3) is 0 Å². The molecule has 2 fully saturated rings. The van der Waals surface area contributed by atoms with Crippen LogP contribution in [-0.4, -0.2) is 41.9 Å². The van der Waals surface area contributed by atoms with Crippen LogP contribution in [0.1, 0.15) is 58.8 Å². The van der Waals surface area contributed by atoms with Crippen molar-refractivity contribution in [2.24, 2.45) is 28.8 Å². The minimum Gasteiger partial charge on any atom is -0.466 e. The number of rotatable bonds is 6. The molecular weight excluding hydrogens is 338 g/mol. The van der Waals surface area contributed by atoms with Crippen LogP contribution < -0.4 is 0 Å². The molecule has 2 rings (SSSR count). The number of nitrogens with zero attached hydrogens (tertiary/aromatic N) is 1. The monoisotopic (exact) mass is 367 g/mol. The lowest BCUT2D eigenvalue weighted by molar-refractivity contribution is -0.153. The molecule has 7 heteroatoms. The summed E-state index contributed by atoms with van der Waals surface area (Å²) in [5.74, 6) is -1.20. The van der Waals surface area contributed by atoms with E-state index in [-0.39, 0.29) is 41.4 Å². The highest BCUT2D eigenvalue weighted by Crippen LogP contribution is 2.40. The van der Waals surface area contributed by atoms with Crippen molar-refractivity contribution in [2.45, 2.75) is 58.8 Å². The van der Waals surface area contributed by atoms with Gasteiger partial charge in [-0.25, -0.2) is 0 Å². The fourth-order valence-corrected chi connectivity index (χ4v) is 4.29. The number of ketones is 1. The number of oxime groups is 1. The zero-order chi connectivity index (χ0) is 19.1. The van der Waals surface area contributed by atoms with Crippen LogP contribution in [0.25, 0.3) is 0 Å². The Kier molecular flexibility index (Phi) is 7.60. The van der Waals surface area contributed by atoms with Crippen molar-refractivity contribution in [3.63, 3.8) is 0 Å². The lowest BCUT2D eigenvalue weighted by atomic mass is 9.68. The third-order valence-electron chi connectivity index (χ3n) is 5.53. The molecule has 2 aliphatic rings. The van der Waals surface area contributed by atoms with Gasteiger partial charge in [0, 0.05) is 12.8 Å². The molecule has 1 N–H and O–H groups in total. The van der Waals surface area contributed by atoms with Crippen LogP contribution in [-0.2, 0) is 23.9 Å². The molecule has 2 saturated carbocycles. The van der Waals surface area contributed by atoms with Crippen LogP contribution in [0, 0.1) is 23.7 Å². The van der Waals surface area contributed by atoms with Crippen LogP contribution in [0.4, 0.5) is 0 Å². The Morgan fingerprint density at radius 2 is 1.54 bits per heavy atom. The zero-order valence-electron chi connectivity index (χ0n) is 15.6. The lowest BCUT2D eigenvalue weighted by Crippen LogP contribution is -2.38. The molecule has 0 amide bonds. The van der Waals surface area contributed by atoms with Gasteiger partial charge in [-0.15, -0.1) is 0 Å². The van der Waals surface area contributed by atoms with Gasteiger partial charge in [-0.2, -0.15) is 0 Å². The van der Waals surface area contributed by atoms with Gasteiger partial charge >= 0.3 is 11.9 Å². The summed E-state index contributed by atoms with van der Waals surface area (Å²) in [5, 5.41) is 12.5. The summed E-state index contributed by atoms with van der Waals surface area (Å²) in [6.07, 6.45) is 3.39. The van der Waals surface area contributed by atoms with E-state index in [0.29, 0.717) is 63.9 Å². The molecule has 0 aromatic rings. The van der Waals surface area contributed by atoms with E-state index in [1.165, 1.54) is 0 Å². The summed E-state index contributed by atoms with van der Waals surface area (Å²) in [5.41, 5.74) is 0.658.